The molecule has 0 aliphatic heterocycles. The highest BCUT2D eigenvalue weighted by Gasteiger charge is 2.00. The topological polar surface area (TPSA) is 52.0 Å². The summed E-state index contributed by atoms with van der Waals surface area (Å²) in [6.45, 7) is 0.538. The summed E-state index contributed by atoms with van der Waals surface area (Å²) in [6, 6.07) is 8.21. The third kappa shape index (κ3) is 2.93. The van der Waals surface area contributed by atoms with Gasteiger partial charge >= 0.3 is 0 Å². The average Bonchev–Trinajstić information content (AvgIpc) is 2.09. The van der Waals surface area contributed by atoms with E-state index in [4.69, 9.17) is 11.5 Å². The highest BCUT2D eigenvalue weighted by molar-refractivity contribution is 9.10. The molecule has 1 aromatic carbocycles. The van der Waals surface area contributed by atoms with Crippen LogP contribution in [0.5, 0.6) is 0 Å². The normalized spacial score (nSPS) is 12.9. The second-order valence-electron chi connectivity index (χ2n) is 2.83. The van der Waals surface area contributed by atoms with Crippen LogP contribution in [0.15, 0.2) is 28.7 Å². The molecule has 0 saturated heterocycles. The lowest BCUT2D eigenvalue weighted by atomic mass is 10.1. The molecule has 1 unspecified atom stereocenters. The zero-order valence-electron chi connectivity index (χ0n) is 6.83. The SMILES string of the molecule is NCC(N)Cc1ccc(Br)cc1. The predicted molar refractivity (Wildman–Crippen MR) is 54.9 cm³/mol. The number of benzene rings is 1. The van der Waals surface area contributed by atoms with Gasteiger partial charge in [-0.15, -0.1) is 0 Å². The minimum absolute atomic E-state index is 0.0752. The Balaban J connectivity index is 2.58. The molecule has 1 aromatic rings. The molecule has 0 bridgehead atoms. The van der Waals surface area contributed by atoms with Crippen molar-refractivity contribution in [2.45, 2.75) is 12.5 Å². The summed E-state index contributed by atoms with van der Waals surface area (Å²) < 4.78 is 1.09. The van der Waals surface area contributed by atoms with Crippen LogP contribution in [0.4, 0.5) is 0 Å². The molecule has 0 fully saturated rings. The second kappa shape index (κ2) is 4.60. The van der Waals surface area contributed by atoms with E-state index in [-0.39, 0.29) is 6.04 Å². The van der Waals surface area contributed by atoms with Gasteiger partial charge in [-0.25, -0.2) is 0 Å². The van der Waals surface area contributed by atoms with Crippen molar-refractivity contribution >= 4 is 15.9 Å². The van der Waals surface area contributed by atoms with Crippen LogP contribution in [0.2, 0.25) is 0 Å². The van der Waals surface area contributed by atoms with Crippen molar-refractivity contribution in [1.82, 2.24) is 0 Å². The van der Waals surface area contributed by atoms with E-state index < -0.39 is 0 Å². The fourth-order valence-corrected chi connectivity index (χ4v) is 1.27. The van der Waals surface area contributed by atoms with Gasteiger partial charge in [-0.05, 0) is 24.1 Å². The number of halogens is 1. The van der Waals surface area contributed by atoms with E-state index in [1.165, 1.54) is 5.56 Å². The van der Waals surface area contributed by atoms with E-state index in [0.717, 1.165) is 10.9 Å². The Kier molecular flexibility index (Phi) is 3.72. The molecule has 1 atom stereocenters. The van der Waals surface area contributed by atoms with E-state index in [2.05, 4.69) is 28.1 Å². The fourth-order valence-electron chi connectivity index (χ4n) is 1.01. The van der Waals surface area contributed by atoms with Gasteiger partial charge in [-0.1, -0.05) is 28.1 Å². The zero-order chi connectivity index (χ0) is 8.97. The minimum atomic E-state index is 0.0752. The number of rotatable bonds is 3. The molecule has 12 heavy (non-hydrogen) atoms. The largest absolute Gasteiger partial charge is 0.329 e. The Hall–Kier alpha value is -0.380. The van der Waals surface area contributed by atoms with E-state index in [0.29, 0.717) is 6.54 Å². The summed E-state index contributed by atoms with van der Waals surface area (Å²) in [5, 5.41) is 0. The first-order valence-electron chi connectivity index (χ1n) is 3.92. The molecule has 0 aliphatic rings. The molecule has 4 N–H and O–H groups in total. The average molecular weight is 229 g/mol. The summed E-state index contributed by atoms with van der Waals surface area (Å²) in [7, 11) is 0. The van der Waals surface area contributed by atoms with Crippen LogP contribution in [0.3, 0.4) is 0 Å². The third-order valence-electron chi connectivity index (χ3n) is 1.71. The van der Waals surface area contributed by atoms with Crippen LogP contribution in [-0.4, -0.2) is 12.6 Å². The van der Waals surface area contributed by atoms with Gasteiger partial charge in [0.05, 0.1) is 0 Å². The van der Waals surface area contributed by atoms with Crippen LogP contribution >= 0.6 is 15.9 Å². The van der Waals surface area contributed by atoms with Crippen molar-refractivity contribution in [3.05, 3.63) is 34.3 Å². The van der Waals surface area contributed by atoms with Gasteiger partial charge in [0.2, 0.25) is 0 Å². The quantitative estimate of drug-likeness (QED) is 0.820. The Morgan fingerprint density at radius 2 is 1.83 bits per heavy atom. The molecule has 3 heteroatoms. The monoisotopic (exact) mass is 228 g/mol. The molecular formula is C9H13BrN2. The summed E-state index contributed by atoms with van der Waals surface area (Å²) in [5.74, 6) is 0. The fraction of sp³-hybridized carbons (Fsp3) is 0.333. The molecule has 1 rings (SSSR count). The summed E-state index contributed by atoms with van der Waals surface area (Å²) >= 11 is 3.37. The van der Waals surface area contributed by atoms with Gasteiger partial charge < -0.3 is 11.5 Å². The molecule has 66 valence electrons. The van der Waals surface area contributed by atoms with Crippen molar-refractivity contribution in [1.29, 1.82) is 0 Å². The maximum atomic E-state index is 5.71. The lowest BCUT2D eigenvalue weighted by Crippen LogP contribution is -2.31. The van der Waals surface area contributed by atoms with Gasteiger partial charge in [-0.3, -0.25) is 0 Å². The van der Waals surface area contributed by atoms with Crippen LogP contribution < -0.4 is 11.5 Å². The number of hydrogen-bond acceptors (Lipinski definition) is 2. The lowest BCUT2D eigenvalue weighted by molar-refractivity contribution is 0.678. The molecule has 0 amide bonds. The Labute approximate surface area is 81.1 Å². The van der Waals surface area contributed by atoms with Crippen LogP contribution in [0, 0.1) is 0 Å². The molecule has 0 heterocycles. The van der Waals surface area contributed by atoms with Crippen molar-refractivity contribution in [2.75, 3.05) is 6.54 Å². The van der Waals surface area contributed by atoms with E-state index >= 15 is 0 Å². The van der Waals surface area contributed by atoms with E-state index in [9.17, 15) is 0 Å². The highest BCUT2D eigenvalue weighted by Crippen LogP contribution is 2.11. The maximum absolute atomic E-state index is 5.71. The first-order chi connectivity index (χ1) is 5.72. The molecule has 0 aliphatic carbocycles. The third-order valence-corrected chi connectivity index (χ3v) is 2.24. The van der Waals surface area contributed by atoms with Gasteiger partial charge in [0.25, 0.3) is 0 Å². The van der Waals surface area contributed by atoms with Gasteiger partial charge in [-0.2, -0.15) is 0 Å². The van der Waals surface area contributed by atoms with E-state index in [1.54, 1.807) is 0 Å². The Morgan fingerprint density at radius 3 is 2.33 bits per heavy atom. The van der Waals surface area contributed by atoms with Gasteiger partial charge in [0, 0.05) is 17.1 Å². The van der Waals surface area contributed by atoms with Gasteiger partial charge in [0.1, 0.15) is 0 Å². The first-order valence-corrected chi connectivity index (χ1v) is 4.71. The molecule has 2 nitrogen and oxygen atoms in total. The number of hydrogen-bond donors (Lipinski definition) is 2. The second-order valence-corrected chi connectivity index (χ2v) is 3.74. The van der Waals surface area contributed by atoms with Crippen molar-refractivity contribution in [2.24, 2.45) is 11.5 Å². The molecular weight excluding hydrogens is 216 g/mol. The zero-order valence-corrected chi connectivity index (χ0v) is 8.42. The standard InChI is InChI=1S/C9H13BrN2/c10-8-3-1-7(2-4-8)5-9(12)6-11/h1-4,9H,5-6,11-12H2. The Bertz CT molecular complexity index is 233. The molecule has 0 radical (unpaired) electrons. The van der Waals surface area contributed by atoms with Crippen LogP contribution in [0.1, 0.15) is 5.56 Å². The molecule has 0 spiro atoms. The summed E-state index contributed by atoms with van der Waals surface area (Å²) in [6.07, 6.45) is 0.851. The lowest BCUT2D eigenvalue weighted by Gasteiger charge is -2.07. The molecule has 0 aromatic heterocycles. The molecule has 0 saturated carbocycles. The minimum Gasteiger partial charge on any atom is -0.329 e. The summed E-state index contributed by atoms with van der Waals surface area (Å²) in [4.78, 5) is 0. The van der Waals surface area contributed by atoms with Crippen molar-refractivity contribution < 1.29 is 0 Å². The predicted octanol–water partition coefficient (Wildman–Crippen LogP) is 1.28. The maximum Gasteiger partial charge on any atom is 0.0203 e. The van der Waals surface area contributed by atoms with Crippen molar-refractivity contribution in [3.8, 4) is 0 Å². The van der Waals surface area contributed by atoms with Crippen LogP contribution in [-0.2, 0) is 6.42 Å². The van der Waals surface area contributed by atoms with Crippen molar-refractivity contribution in [3.63, 3.8) is 0 Å². The smallest absolute Gasteiger partial charge is 0.0203 e. The summed E-state index contributed by atoms with van der Waals surface area (Å²) in [5.41, 5.74) is 12.4. The van der Waals surface area contributed by atoms with Crippen LogP contribution in [0.25, 0.3) is 0 Å². The highest BCUT2D eigenvalue weighted by atomic mass is 79.9. The first kappa shape index (κ1) is 9.71. The number of nitrogens with two attached hydrogens (primary N) is 2. The van der Waals surface area contributed by atoms with Gasteiger partial charge in [0.15, 0.2) is 0 Å². The Morgan fingerprint density at radius 1 is 1.25 bits per heavy atom. The van der Waals surface area contributed by atoms with E-state index in [1.807, 2.05) is 12.1 Å².